The minimum Gasteiger partial charge on any atom is -0.392 e. The first kappa shape index (κ1) is 16.6. The van der Waals surface area contributed by atoms with Crippen LogP contribution >= 0.6 is 11.3 Å². The number of aliphatic hydroxyl groups excluding tert-OH is 1. The lowest BCUT2D eigenvalue weighted by Gasteiger charge is -2.27. The van der Waals surface area contributed by atoms with Crippen LogP contribution in [-0.4, -0.2) is 34.6 Å². The van der Waals surface area contributed by atoms with Crippen LogP contribution in [0.4, 0.5) is 4.39 Å². The van der Waals surface area contributed by atoms with Gasteiger partial charge in [0, 0.05) is 23.0 Å². The number of halogens is 1. The van der Waals surface area contributed by atoms with Crippen LogP contribution in [-0.2, 0) is 0 Å². The summed E-state index contributed by atoms with van der Waals surface area (Å²) in [4.78, 5) is 15.5. The molecule has 22 heavy (non-hydrogen) atoms. The minimum atomic E-state index is -0.586. The number of rotatable bonds is 5. The minimum absolute atomic E-state index is 0.0129. The largest absolute Gasteiger partial charge is 0.392 e. The number of hydrogen-bond acceptors (Lipinski definition) is 3. The van der Waals surface area contributed by atoms with Gasteiger partial charge in [-0.3, -0.25) is 4.79 Å². The number of aliphatic hydroxyl groups is 1. The highest BCUT2D eigenvalue weighted by atomic mass is 32.1. The fourth-order valence-electron chi connectivity index (χ4n) is 2.21. The van der Waals surface area contributed by atoms with Crippen LogP contribution in [0.5, 0.6) is 0 Å². The number of benzene rings is 1. The Labute approximate surface area is 134 Å². The predicted molar refractivity (Wildman–Crippen MR) is 87.6 cm³/mol. The van der Waals surface area contributed by atoms with E-state index in [1.807, 2.05) is 13.8 Å². The van der Waals surface area contributed by atoms with Crippen molar-refractivity contribution in [2.24, 2.45) is 0 Å². The Morgan fingerprint density at radius 2 is 1.91 bits per heavy atom. The van der Waals surface area contributed by atoms with Gasteiger partial charge in [-0.25, -0.2) is 4.39 Å². The summed E-state index contributed by atoms with van der Waals surface area (Å²) in [6.45, 7) is 5.75. The molecular formula is C17H20FNO2S. The van der Waals surface area contributed by atoms with Gasteiger partial charge in [0.15, 0.2) is 0 Å². The molecule has 0 aliphatic heterocycles. The van der Waals surface area contributed by atoms with Crippen LogP contribution in [0.15, 0.2) is 36.4 Å². The Kier molecular flexibility index (Phi) is 5.32. The van der Waals surface area contributed by atoms with Crippen molar-refractivity contribution in [2.75, 3.05) is 6.54 Å². The monoisotopic (exact) mass is 321 g/mol. The van der Waals surface area contributed by atoms with Crippen molar-refractivity contribution in [3.63, 3.8) is 0 Å². The predicted octanol–water partition coefficient (Wildman–Crippen LogP) is 3.79. The third-order valence-corrected chi connectivity index (χ3v) is 4.41. The molecule has 118 valence electrons. The molecule has 0 fully saturated rings. The molecule has 0 saturated heterocycles. The molecular weight excluding hydrogens is 301 g/mol. The van der Waals surface area contributed by atoms with Crippen LogP contribution in [0.3, 0.4) is 0 Å². The maximum Gasteiger partial charge on any atom is 0.264 e. The van der Waals surface area contributed by atoms with Crippen LogP contribution in [0.1, 0.15) is 30.4 Å². The van der Waals surface area contributed by atoms with E-state index in [0.29, 0.717) is 10.4 Å². The molecule has 2 rings (SSSR count). The van der Waals surface area contributed by atoms with Crippen molar-refractivity contribution in [3.8, 4) is 10.4 Å². The first-order chi connectivity index (χ1) is 10.4. The van der Waals surface area contributed by atoms with Gasteiger partial charge in [0.05, 0.1) is 11.0 Å². The zero-order chi connectivity index (χ0) is 16.3. The molecule has 5 heteroatoms. The maximum atomic E-state index is 13.8. The molecule has 0 bridgehead atoms. The van der Waals surface area contributed by atoms with Gasteiger partial charge < -0.3 is 10.0 Å². The van der Waals surface area contributed by atoms with E-state index in [-0.39, 0.29) is 24.3 Å². The van der Waals surface area contributed by atoms with E-state index in [0.717, 1.165) is 4.88 Å². The number of thiophene rings is 1. The van der Waals surface area contributed by atoms with Crippen LogP contribution in [0, 0.1) is 5.82 Å². The molecule has 1 aromatic carbocycles. The van der Waals surface area contributed by atoms with E-state index in [4.69, 9.17) is 0 Å². The molecule has 1 unspecified atom stereocenters. The van der Waals surface area contributed by atoms with Crippen molar-refractivity contribution >= 4 is 17.2 Å². The topological polar surface area (TPSA) is 40.5 Å². The maximum absolute atomic E-state index is 13.8. The quantitative estimate of drug-likeness (QED) is 0.910. The van der Waals surface area contributed by atoms with Crippen LogP contribution in [0.2, 0.25) is 0 Å². The van der Waals surface area contributed by atoms with Gasteiger partial charge in [-0.05, 0) is 39.0 Å². The summed E-state index contributed by atoms with van der Waals surface area (Å²) < 4.78 is 13.8. The summed E-state index contributed by atoms with van der Waals surface area (Å²) in [7, 11) is 0. The van der Waals surface area contributed by atoms with E-state index in [1.54, 1.807) is 42.2 Å². The Bertz CT molecular complexity index is 652. The van der Waals surface area contributed by atoms with Gasteiger partial charge in [-0.15, -0.1) is 11.3 Å². The molecule has 1 N–H and O–H groups in total. The van der Waals surface area contributed by atoms with Gasteiger partial charge in [-0.1, -0.05) is 18.2 Å². The molecule has 1 amide bonds. The molecule has 1 atom stereocenters. The number of hydrogen-bond donors (Lipinski definition) is 1. The summed E-state index contributed by atoms with van der Waals surface area (Å²) in [5.41, 5.74) is 0.498. The lowest BCUT2D eigenvalue weighted by Crippen LogP contribution is -2.41. The van der Waals surface area contributed by atoms with E-state index >= 15 is 0 Å². The normalized spacial score (nSPS) is 12.5. The lowest BCUT2D eigenvalue weighted by atomic mass is 10.2. The highest BCUT2D eigenvalue weighted by Crippen LogP contribution is 2.30. The lowest BCUT2D eigenvalue weighted by molar-refractivity contribution is 0.0583. The molecule has 0 spiro atoms. The second-order valence-electron chi connectivity index (χ2n) is 5.54. The smallest absolute Gasteiger partial charge is 0.264 e. The molecule has 1 heterocycles. The fourth-order valence-corrected chi connectivity index (χ4v) is 3.20. The molecule has 0 aliphatic rings. The molecule has 0 radical (unpaired) electrons. The third kappa shape index (κ3) is 3.72. The van der Waals surface area contributed by atoms with Crippen molar-refractivity contribution in [2.45, 2.75) is 32.9 Å². The summed E-state index contributed by atoms with van der Waals surface area (Å²) in [5, 5.41) is 9.55. The number of carbonyl (C=O) groups is 1. The van der Waals surface area contributed by atoms with Gasteiger partial charge in [0.2, 0.25) is 0 Å². The Morgan fingerprint density at radius 3 is 2.50 bits per heavy atom. The molecule has 2 aromatic rings. The van der Waals surface area contributed by atoms with E-state index < -0.39 is 6.10 Å². The summed E-state index contributed by atoms with van der Waals surface area (Å²) >= 11 is 1.27. The first-order valence-corrected chi connectivity index (χ1v) is 8.05. The van der Waals surface area contributed by atoms with E-state index in [1.165, 1.54) is 17.4 Å². The molecule has 1 aromatic heterocycles. The SMILES string of the molecule is CC(O)CN(C(=O)c1ccc(-c2ccccc2F)s1)C(C)C. The first-order valence-electron chi connectivity index (χ1n) is 7.24. The Morgan fingerprint density at radius 1 is 1.23 bits per heavy atom. The zero-order valence-corrected chi connectivity index (χ0v) is 13.7. The molecule has 3 nitrogen and oxygen atoms in total. The number of amides is 1. The number of nitrogens with zero attached hydrogens (tertiary/aromatic N) is 1. The van der Waals surface area contributed by atoms with Crippen LogP contribution < -0.4 is 0 Å². The number of carbonyl (C=O) groups excluding carboxylic acids is 1. The highest BCUT2D eigenvalue weighted by molar-refractivity contribution is 7.17. The van der Waals surface area contributed by atoms with E-state index in [2.05, 4.69) is 0 Å². The average molecular weight is 321 g/mol. The highest BCUT2D eigenvalue weighted by Gasteiger charge is 2.22. The van der Waals surface area contributed by atoms with E-state index in [9.17, 15) is 14.3 Å². The standard InChI is InChI=1S/C17H20FNO2S/c1-11(2)19(10-12(3)20)17(21)16-9-8-15(22-16)13-6-4-5-7-14(13)18/h4-9,11-12,20H,10H2,1-3H3. The van der Waals surface area contributed by atoms with Crippen molar-refractivity contribution in [1.29, 1.82) is 0 Å². The summed E-state index contributed by atoms with van der Waals surface area (Å²) in [5.74, 6) is -0.434. The van der Waals surface area contributed by atoms with Gasteiger partial charge in [0.25, 0.3) is 5.91 Å². The summed E-state index contributed by atoms with van der Waals surface area (Å²) in [6.07, 6.45) is -0.586. The summed E-state index contributed by atoms with van der Waals surface area (Å²) in [6, 6.07) is 9.98. The zero-order valence-electron chi connectivity index (χ0n) is 12.9. The molecule has 0 saturated carbocycles. The average Bonchev–Trinajstić information content (AvgIpc) is 2.93. The second-order valence-corrected chi connectivity index (χ2v) is 6.63. The van der Waals surface area contributed by atoms with Gasteiger partial charge in [0.1, 0.15) is 5.82 Å². The molecule has 0 aliphatic carbocycles. The van der Waals surface area contributed by atoms with Crippen molar-refractivity contribution < 1.29 is 14.3 Å². The second kappa shape index (κ2) is 7.03. The Hall–Kier alpha value is -1.72. The van der Waals surface area contributed by atoms with Gasteiger partial charge >= 0.3 is 0 Å². The van der Waals surface area contributed by atoms with Gasteiger partial charge in [-0.2, -0.15) is 0 Å². The van der Waals surface area contributed by atoms with Crippen LogP contribution in [0.25, 0.3) is 10.4 Å². The van der Waals surface area contributed by atoms with Crippen molar-refractivity contribution in [3.05, 3.63) is 47.1 Å². The Balaban J connectivity index is 2.27. The third-order valence-electron chi connectivity index (χ3n) is 3.30. The fraction of sp³-hybridized carbons (Fsp3) is 0.353. The van der Waals surface area contributed by atoms with Crippen molar-refractivity contribution in [1.82, 2.24) is 4.90 Å².